The molecule has 0 heterocycles. The Morgan fingerprint density at radius 2 is 1.59 bits per heavy atom. The quantitative estimate of drug-likeness (QED) is 0.584. The zero-order chi connectivity index (χ0) is 16.4. The largest absolute Gasteiger partial charge is 0.466 e. The average molecular weight is 307 g/mol. The lowest BCUT2D eigenvalue weighted by Gasteiger charge is -2.18. The average Bonchev–Trinajstić information content (AvgIpc) is 2.47. The minimum atomic E-state index is -0.594. The summed E-state index contributed by atoms with van der Waals surface area (Å²) in [7, 11) is 0. The van der Waals surface area contributed by atoms with Crippen LogP contribution in [0.5, 0.6) is 0 Å². The summed E-state index contributed by atoms with van der Waals surface area (Å²) in [5.41, 5.74) is 0.771. The molecule has 1 N–H and O–H groups in total. The molecule has 0 radical (unpaired) electrons. The molecule has 120 valence electrons. The minimum absolute atomic E-state index is 0.00637. The molecule has 0 saturated carbocycles. The second-order valence-electron chi connectivity index (χ2n) is 4.52. The van der Waals surface area contributed by atoms with Crippen molar-refractivity contribution in [2.45, 2.75) is 32.7 Å². The molecule has 0 bridgehead atoms. The lowest BCUT2D eigenvalue weighted by atomic mass is 10.0. The van der Waals surface area contributed by atoms with E-state index in [1.807, 2.05) is 18.2 Å². The van der Waals surface area contributed by atoms with Gasteiger partial charge in [-0.25, -0.2) is 0 Å². The fourth-order valence-electron chi connectivity index (χ4n) is 1.91. The highest BCUT2D eigenvalue weighted by atomic mass is 16.5. The van der Waals surface area contributed by atoms with Crippen molar-refractivity contribution in [3.63, 3.8) is 0 Å². The number of nitrogens with one attached hydrogen (secondary N) is 1. The van der Waals surface area contributed by atoms with Crippen LogP contribution in [-0.4, -0.2) is 31.1 Å². The van der Waals surface area contributed by atoms with Crippen molar-refractivity contribution in [2.75, 3.05) is 13.2 Å². The van der Waals surface area contributed by atoms with E-state index in [1.54, 1.807) is 26.0 Å². The molecule has 1 amide bonds. The monoisotopic (exact) mass is 307 g/mol. The first-order chi connectivity index (χ1) is 10.6. The van der Waals surface area contributed by atoms with Gasteiger partial charge in [-0.05, 0) is 19.4 Å². The van der Waals surface area contributed by atoms with Gasteiger partial charge in [-0.1, -0.05) is 30.3 Å². The zero-order valence-corrected chi connectivity index (χ0v) is 12.8. The molecule has 6 nitrogen and oxygen atoms in total. The molecule has 6 heteroatoms. The zero-order valence-electron chi connectivity index (χ0n) is 12.8. The molecule has 1 rings (SSSR count). The molecule has 1 unspecified atom stereocenters. The summed E-state index contributed by atoms with van der Waals surface area (Å²) < 4.78 is 9.64. The van der Waals surface area contributed by atoms with Gasteiger partial charge in [0.1, 0.15) is 6.42 Å². The van der Waals surface area contributed by atoms with Crippen molar-refractivity contribution in [3.8, 4) is 0 Å². The number of carbonyl (C=O) groups is 3. The lowest BCUT2D eigenvalue weighted by Crippen LogP contribution is -2.32. The van der Waals surface area contributed by atoms with Crippen LogP contribution in [0.4, 0.5) is 0 Å². The fourth-order valence-corrected chi connectivity index (χ4v) is 1.91. The Balaban J connectivity index is 2.71. The molecule has 1 aromatic carbocycles. The first-order valence-electron chi connectivity index (χ1n) is 7.22. The Hall–Kier alpha value is -2.37. The van der Waals surface area contributed by atoms with Gasteiger partial charge < -0.3 is 14.8 Å². The molecular formula is C16H21NO5. The Bertz CT molecular complexity index is 501. The van der Waals surface area contributed by atoms with Crippen LogP contribution in [0.25, 0.3) is 0 Å². The smallest absolute Gasteiger partial charge is 0.315 e. The van der Waals surface area contributed by atoms with Crippen LogP contribution >= 0.6 is 0 Å². The number of ether oxygens (including phenoxy) is 2. The van der Waals surface area contributed by atoms with Gasteiger partial charge in [0.2, 0.25) is 5.91 Å². The molecule has 0 aliphatic rings. The topological polar surface area (TPSA) is 81.7 Å². The van der Waals surface area contributed by atoms with E-state index in [9.17, 15) is 14.4 Å². The van der Waals surface area contributed by atoms with Crippen LogP contribution in [0.1, 0.15) is 38.3 Å². The van der Waals surface area contributed by atoms with Gasteiger partial charge in [0.05, 0.1) is 25.7 Å². The Morgan fingerprint density at radius 1 is 1.00 bits per heavy atom. The highest BCUT2D eigenvalue weighted by molar-refractivity contribution is 5.94. The normalized spacial score (nSPS) is 11.4. The summed E-state index contributed by atoms with van der Waals surface area (Å²) >= 11 is 0. The number of hydrogen-bond donors (Lipinski definition) is 1. The summed E-state index contributed by atoms with van der Waals surface area (Å²) in [6, 6.07) is 8.52. The third-order valence-corrected chi connectivity index (χ3v) is 2.82. The van der Waals surface area contributed by atoms with E-state index in [0.29, 0.717) is 0 Å². The third-order valence-electron chi connectivity index (χ3n) is 2.82. The fraction of sp³-hybridized carbons (Fsp3) is 0.438. The van der Waals surface area contributed by atoms with Gasteiger partial charge in [0.25, 0.3) is 0 Å². The number of hydrogen-bond acceptors (Lipinski definition) is 5. The van der Waals surface area contributed by atoms with Crippen LogP contribution in [-0.2, 0) is 23.9 Å². The summed E-state index contributed by atoms with van der Waals surface area (Å²) in [4.78, 5) is 34.9. The van der Waals surface area contributed by atoms with Gasteiger partial charge in [-0.15, -0.1) is 0 Å². The van der Waals surface area contributed by atoms with Gasteiger partial charge >= 0.3 is 11.9 Å². The van der Waals surface area contributed by atoms with Crippen LogP contribution in [0.15, 0.2) is 30.3 Å². The SMILES string of the molecule is CCOC(=O)CC(=O)NC(CC(=O)OCC)c1ccccc1. The van der Waals surface area contributed by atoms with E-state index in [1.165, 1.54) is 0 Å². The van der Waals surface area contributed by atoms with E-state index in [-0.39, 0.29) is 26.1 Å². The summed E-state index contributed by atoms with van der Waals surface area (Å²) in [6.45, 7) is 3.88. The standard InChI is InChI=1S/C16H21NO5/c1-3-21-15(19)10-13(12-8-6-5-7-9-12)17-14(18)11-16(20)22-4-2/h5-9,13H,3-4,10-11H2,1-2H3,(H,17,18). The minimum Gasteiger partial charge on any atom is -0.466 e. The first kappa shape index (κ1) is 17.7. The van der Waals surface area contributed by atoms with Crippen molar-refractivity contribution in [1.29, 1.82) is 0 Å². The number of amides is 1. The summed E-state index contributed by atoms with van der Waals surface area (Å²) in [5, 5.41) is 2.67. The van der Waals surface area contributed by atoms with Crippen LogP contribution in [0.3, 0.4) is 0 Å². The Morgan fingerprint density at radius 3 is 2.18 bits per heavy atom. The van der Waals surface area contributed by atoms with Crippen LogP contribution in [0, 0.1) is 0 Å². The van der Waals surface area contributed by atoms with Crippen molar-refractivity contribution in [1.82, 2.24) is 5.32 Å². The van der Waals surface area contributed by atoms with Gasteiger partial charge in [0.15, 0.2) is 0 Å². The number of esters is 2. The molecular weight excluding hydrogens is 286 g/mol. The number of carbonyl (C=O) groups excluding carboxylic acids is 3. The van der Waals surface area contributed by atoms with Crippen LogP contribution in [0.2, 0.25) is 0 Å². The van der Waals surface area contributed by atoms with E-state index in [2.05, 4.69) is 5.32 Å². The third kappa shape index (κ3) is 6.39. The van der Waals surface area contributed by atoms with E-state index >= 15 is 0 Å². The Kier molecular flexibility index (Phi) is 7.67. The summed E-state index contributed by atoms with van der Waals surface area (Å²) in [5.74, 6) is -1.49. The van der Waals surface area contributed by atoms with E-state index in [4.69, 9.17) is 9.47 Å². The van der Waals surface area contributed by atoms with Crippen molar-refractivity contribution >= 4 is 17.8 Å². The highest BCUT2D eigenvalue weighted by Gasteiger charge is 2.20. The molecule has 0 aromatic heterocycles. The molecule has 0 spiro atoms. The number of benzene rings is 1. The van der Waals surface area contributed by atoms with E-state index in [0.717, 1.165) is 5.56 Å². The maximum absolute atomic E-state index is 11.9. The maximum atomic E-state index is 11.9. The maximum Gasteiger partial charge on any atom is 0.315 e. The van der Waals surface area contributed by atoms with Crippen LogP contribution < -0.4 is 5.32 Å². The Labute approximate surface area is 129 Å². The molecule has 1 atom stereocenters. The predicted molar refractivity (Wildman–Crippen MR) is 79.8 cm³/mol. The predicted octanol–water partition coefficient (Wildman–Crippen LogP) is 1.75. The molecule has 1 aromatic rings. The van der Waals surface area contributed by atoms with Gasteiger partial charge in [-0.2, -0.15) is 0 Å². The molecule has 22 heavy (non-hydrogen) atoms. The molecule has 0 aliphatic carbocycles. The van der Waals surface area contributed by atoms with Crippen molar-refractivity contribution < 1.29 is 23.9 Å². The second-order valence-corrected chi connectivity index (χ2v) is 4.52. The van der Waals surface area contributed by atoms with Crippen molar-refractivity contribution in [3.05, 3.63) is 35.9 Å². The van der Waals surface area contributed by atoms with Gasteiger partial charge in [-0.3, -0.25) is 14.4 Å². The van der Waals surface area contributed by atoms with E-state index < -0.39 is 23.9 Å². The van der Waals surface area contributed by atoms with Gasteiger partial charge in [0, 0.05) is 0 Å². The van der Waals surface area contributed by atoms with Crippen molar-refractivity contribution in [2.24, 2.45) is 0 Å². The highest BCUT2D eigenvalue weighted by Crippen LogP contribution is 2.17. The lowest BCUT2D eigenvalue weighted by molar-refractivity contribution is -0.146. The molecule has 0 aliphatic heterocycles. The molecule has 0 fully saturated rings. The number of rotatable bonds is 8. The first-order valence-corrected chi connectivity index (χ1v) is 7.22. The second kappa shape index (κ2) is 9.55. The molecule has 0 saturated heterocycles. The summed E-state index contributed by atoms with van der Waals surface area (Å²) in [6.07, 6.45) is -0.369.